The Bertz CT molecular complexity index is 1460. The molecule has 5 nitrogen and oxygen atoms in total. The molecule has 0 aliphatic heterocycles. The molecule has 0 atom stereocenters. The van der Waals surface area contributed by atoms with E-state index in [-0.39, 0.29) is 16.9 Å². The molecule has 0 unspecified atom stereocenters. The summed E-state index contributed by atoms with van der Waals surface area (Å²) in [7, 11) is 0. The first-order chi connectivity index (χ1) is 16.3. The molecule has 0 spiro atoms. The van der Waals surface area contributed by atoms with E-state index in [1.165, 1.54) is 17.7 Å². The van der Waals surface area contributed by atoms with Gasteiger partial charge < -0.3 is 10.4 Å². The predicted octanol–water partition coefficient (Wildman–Crippen LogP) is 6.55. The lowest BCUT2D eigenvalue weighted by Gasteiger charge is -2.31. The fourth-order valence-electron chi connectivity index (χ4n) is 4.79. The number of anilines is 1. The van der Waals surface area contributed by atoms with Crippen molar-refractivity contribution in [3.8, 4) is 11.1 Å². The van der Waals surface area contributed by atoms with E-state index in [0.29, 0.717) is 11.3 Å². The number of aromatic carboxylic acids is 1. The molecular weight excluding hydrogens is 424 g/mol. The number of hydrogen-bond donors (Lipinski definition) is 2. The summed E-state index contributed by atoms with van der Waals surface area (Å²) in [5.74, 6) is -1.26. The van der Waals surface area contributed by atoms with Gasteiger partial charge in [0.1, 0.15) is 0 Å². The van der Waals surface area contributed by atoms with Crippen LogP contribution in [0.15, 0.2) is 79.1 Å². The number of carboxylic acids is 1. The Morgan fingerprint density at radius 3 is 2.41 bits per heavy atom. The standard InChI is InChI=1S/C29H24N2O3/c1-29(2)15-5-8-20-16-30-17-24(26(20)29)22-9-3-6-18-7-4-10-23(25(18)22)27(32)31-21-13-11-19(12-14-21)28(33)34/h3-14,16-17H,15H2,1-2H3,(H,31,32)(H,33,34). The van der Waals surface area contributed by atoms with Crippen molar-refractivity contribution >= 4 is 34.4 Å². The molecule has 1 heterocycles. The highest BCUT2D eigenvalue weighted by molar-refractivity contribution is 6.16. The van der Waals surface area contributed by atoms with E-state index in [1.807, 2.05) is 48.8 Å². The Kier molecular flexibility index (Phi) is 5.25. The number of aromatic nitrogens is 1. The number of nitrogens with one attached hydrogen (secondary N) is 1. The Morgan fingerprint density at radius 2 is 1.68 bits per heavy atom. The van der Waals surface area contributed by atoms with Gasteiger partial charge in [0.05, 0.1) is 5.56 Å². The number of hydrogen-bond acceptors (Lipinski definition) is 3. The number of fused-ring (bicyclic) bond motifs is 2. The number of nitrogens with zero attached hydrogens (tertiary/aromatic N) is 1. The van der Waals surface area contributed by atoms with Gasteiger partial charge in [0.15, 0.2) is 0 Å². The Labute approximate surface area is 197 Å². The third-order valence-corrected chi connectivity index (χ3v) is 6.41. The molecule has 0 fully saturated rings. The summed E-state index contributed by atoms with van der Waals surface area (Å²) >= 11 is 0. The average molecular weight is 449 g/mol. The van der Waals surface area contributed by atoms with E-state index < -0.39 is 5.97 Å². The number of carbonyl (C=O) groups is 2. The first-order valence-electron chi connectivity index (χ1n) is 11.2. The zero-order valence-corrected chi connectivity index (χ0v) is 19.0. The van der Waals surface area contributed by atoms with Crippen molar-refractivity contribution in [2.45, 2.75) is 25.7 Å². The lowest BCUT2D eigenvalue weighted by molar-refractivity contribution is 0.0696. The molecule has 3 aromatic carbocycles. The molecule has 0 saturated heterocycles. The van der Waals surface area contributed by atoms with E-state index >= 15 is 0 Å². The van der Waals surface area contributed by atoms with Gasteiger partial charge in [0, 0.05) is 34.6 Å². The zero-order chi connectivity index (χ0) is 23.9. The fraction of sp³-hybridized carbons (Fsp3) is 0.138. The molecule has 1 amide bonds. The molecule has 5 heteroatoms. The van der Waals surface area contributed by atoms with E-state index in [4.69, 9.17) is 5.11 Å². The summed E-state index contributed by atoms with van der Waals surface area (Å²) in [6.45, 7) is 4.47. The molecule has 0 bridgehead atoms. The number of benzene rings is 3. The normalized spacial score (nSPS) is 13.9. The van der Waals surface area contributed by atoms with Crippen molar-refractivity contribution in [2.75, 3.05) is 5.32 Å². The molecule has 34 heavy (non-hydrogen) atoms. The SMILES string of the molecule is CC1(C)CC=Cc2cncc(-c3cccc4cccc(C(=O)Nc5ccc(C(=O)O)cc5)c34)c21. The van der Waals surface area contributed by atoms with Crippen molar-refractivity contribution in [2.24, 2.45) is 0 Å². The van der Waals surface area contributed by atoms with Gasteiger partial charge in [0.25, 0.3) is 5.91 Å². The topological polar surface area (TPSA) is 79.3 Å². The van der Waals surface area contributed by atoms with Crippen molar-refractivity contribution in [3.63, 3.8) is 0 Å². The van der Waals surface area contributed by atoms with Gasteiger partial charge in [-0.2, -0.15) is 0 Å². The first kappa shape index (κ1) is 21.6. The highest BCUT2D eigenvalue weighted by atomic mass is 16.4. The average Bonchev–Trinajstić information content (AvgIpc) is 2.83. The van der Waals surface area contributed by atoms with Crippen LogP contribution in [0.2, 0.25) is 0 Å². The number of amides is 1. The Hall–Kier alpha value is -4.25. The van der Waals surface area contributed by atoms with Crippen LogP contribution in [0.5, 0.6) is 0 Å². The summed E-state index contributed by atoms with van der Waals surface area (Å²) in [6.07, 6.45) is 9.03. The summed E-state index contributed by atoms with van der Waals surface area (Å²) in [5, 5.41) is 13.9. The maximum atomic E-state index is 13.4. The van der Waals surface area contributed by atoms with Crippen LogP contribution < -0.4 is 5.32 Å². The number of allylic oxidation sites excluding steroid dienone is 1. The molecule has 1 aromatic heterocycles. The van der Waals surface area contributed by atoms with E-state index in [2.05, 4.69) is 36.3 Å². The summed E-state index contributed by atoms with van der Waals surface area (Å²) in [4.78, 5) is 29.0. The van der Waals surface area contributed by atoms with Crippen LogP contribution in [0.4, 0.5) is 5.69 Å². The minimum absolute atomic E-state index is 0.0619. The monoisotopic (exact) mass is 448 g/mol. The fourth-order valence-corrected chi connectivity index (χ4v) is 4.79. The quantitative estimate of drug-likeness (QED) is 0.371. The molecule has 0 saturated carbocycles. The van der Waals surface area contributed by atoms with Gasteiger partial charge in [-0.1, -0.05) is 56.3 Å². The van der Waals surface area contributed by atoms with E-state index in [9.17, 15) is 9.59 Å². The number of pyridine rings is 1. The van der Waals surface area contributed by atoms with Gasteiger partial charge in [-0.05, 0) is 64.2 Å². The highest BCUT2D eigenvalue weighted by Gasteiger charge is 2.29. The van der Waals surface area contributed by atoms with Crippen LogP contribution in [-0.4, -0.2) is 22.0 Å². The van der Waals surface area contributed by atoms with Crippen LogP contribution in [0, 0.1) is 0 Å². The van der Waals surface area contributed by atoms with E-state index in [1.54, 1.807) is 12.1 Å². The lowest BCUT2D eigenvalue weighted by atomic mass is 9.73. The number of rotatable bonds is 4. The van der Waals surface area contributed by atoms with Crippen LogP contribution in [0.25, 0.3) is 28.0 Å². The smallest absolute Gasteiger partial charge is 0.335 e. The van der Waals surface area contributed by atoms with Crippen LogP contribution in [0.1, 0.15) is 52.1 Å². The molecule has 168 valence electrons. The van der Waals surface area contributed by atoms with E-state index in [0.717, 1.165) is 33.9 Å². The number of carboxylic acid groups (broad SMARTS) is 1. The predicted molar refractivity (Wildman–Crippen MR) is 135 cm³/mol. The lowest BCUT2D eigenvalue weighted by Crippen LogP contribution is -2.21. The second-order valence-electron chi connectivity index (χ2n) is 9.19. The second-order valence-corrected chi connectivity index (χ2v) is 9.19. The van der Waals surface area contributed by atoms with Gasteiger partial charge in [-0.25, -0.2) is 4.79 Å². The number of carbonyl (C=O) groups excluding carboxylic acids is 1. The van der Waals surface area contributed by atoms with Gasteiger partial charge in [-0.3, -0.25) is 9.78 Å². The maximum absolute atomic E-state index is 13.4. The molecule has 2 N–H and O–H groups in total. The van der Waals surface area contributed by atoms with Crippen molar-refractivity contribution in [1.29, 1.82) is 0 Å². The summed E-state index contributed by atoms with van der Waals surface area (Å²) in [5.41, 5.74) is 5.53. The molecule has 1 aliphatic carbocycles. The second kappa shape index (κ2) is 8.27. The van der Waals surface area contributed by atoms with Crippen LogP contribution in [0.3, 0.4) is 0 Å². The zero-order valence-electron chi connectivity index (χ0n) is 19.0. The third-order valence-electron chi connectivity index (χ3n) is 6.41. The third kappa shape index (κ3) is 3.75. The largest absolute Gasteiger partial charge is 0.478 e. The van der Waals surface area contributed by atoms with Gasteiger partial charge in [0.2, 0.25) is 0 Å². The minimum Gasteiger partial charge on any atom is -0.478 e. The van der Waals surface area contributed by atoms with Crippen LogP contribution in [-0.2, 0) is 5.41 Å². The highest BCUT2D eigenvalue weighted by Crippen LogP contribution is 2.43. The Morgan fingerprint density at radius 1 is 0.941 bits per heavy atom. The summed E-state index contributed by atoms with van der Waals surface area (Å²) < 4.78 is 0. The minimum atomic E-state index is -1.01. The Balaban J connectivity index is 1.64. The molecule has 4 aromatic rings. The maximum Gasteiger partial charge on any atom is 0.335 e. The molecular formula is C29H24N2O3. The molecule has 0 radical (unpaired) electrons. The van der Waals surface area contributed by atoms with Crippen molar-refractivity contribution in [1.82, 2.24) is 4.98 Å². The molecule has 5 rings (SSSR count). The molecule has 1 aliphatic rings. The first-order valence-corrected chi connectivity index (χ1v) is 11.2. The van der Waals surface area contributed by atoms with Gasteiger partial charge in [-0.15, -0.1) is 0 Å². The summed E-state index contributed by atoms with van der Waals surface area (Å²) in [6, 6.07) is 17.9. The van der Waals surface area contributed by atoms with Gasteiger partial charge >= 0.3 is 5.97 Å². The van der Waals surface area contributed by atoms with Crippen molar-refractivity contribution < 1.29 is 14.7 Å². The van der Waals surface area contributed by atoms with Crippen LogP contribution >= 0.6 is 0 Å². The van der Waals surface area contributed by atoms with Crippen molar-refractivity contribution in [3.05, 3.63) is 101 Å².